The van der Waals surface area contributed by atoms with Gasteiger partial charge in [0, 0.05) is 11.1 Å². The van der Waals surface area contributed by atoms with Gasteiger partial charge in [-0.05, 0) is 24.3 Å². The molecule has 19 heavy (non-hydrogen) atoms. The third-order valence-corrected chi connectivity index (χ3v) is 2.53. The van der Waals surface area contributed by atoms with E-state index in [0.29, 0.717) is 0 Å². The second-order valence-electron chi connectivity index (χ2n) is 3.82. The molecule has 2 aromatic rings. The van der Waals surface area contributed by atoms with Crippen LogP contribution in [-0.2, 0) is 10.9 Å². The minimum absolute atomic E-state index is 0.00442. The number of esters is 1. The summed E-state index contributed by atoms with van der Waals surface area (Å²) in [6, 6.07) is 4.47. The largest absolute Gasteiger partial charge is 0.464 e. The van der Waals surface area contributed by atoms with Crippen LogP contribution in [0.2, 0.25) is 0 Å². The maximum absolute atomic E-state index is 12.8. The standard InChI is InChI=1S/C12H9F3N2O2/c1-19-11(18)9-3-2-7-8(12(13,14)15)4-6(16)5-10(7)17-9/h2-5H,16H2,1H3. The van der Waals surface area contributed by atoms with Crippen LogP contribution < -0.4 is 5.73 Å². The summed E-state index contributed by atoms with van der Waals surface area (Å²) in [6.07, 6.45) is -4.54. The molecule has 0 aliphatic carbocycles. The molecule has 1 aromatic carbocycles. The van der Waals surface area contributed by atoms with Crippen LogP contribution in [0.4, 0.5) is 18.9 Å². The number of alkyl halides is 3. The topological polar surface area (TPSA) is 65.2 Å². The number of methoxy groups -OCH3 is 1. The predicted molar refractivity (Wildman–Crippen MR) is 62.5 cm³/mol. The Morgan fingerprint density at radius 3 is 2.58 bits per heavy atom. The monoisotopic (exact) mass is 270 g/mol. The highest BCUT2D eigenvalue weighted by molar-refractivity contribution is 5.93. The highest BCUT2D eigenvalue weighted by Gasteiger charge is 2.33. The Hall–Kier alpha value is -2.31. The molecule has 0 spiro atoms. The van der Waals surface area contributed by atoms with Crippen LogP contribution in [-0.4, -0.2) is 18.1 Å². The molecule has 0 unspecified atom stereocenters. The number of halogens is 3. The fourth-order valence-electron chi connectivity index (χ4n) is 1.71. The predicted octanol–water partition coefficient (Wildman–Crippen LogP) is 2.62. The van der Waals surface area contributed by atoms with E-state index in [1.54, 1.807) is 0 Å². The van der Waals surface area contributed by atoms with E-state index in [0.717, 1.165) is 13.2 Å². The molecule has 1 heterocycles. The van der Waals surface area contributed by atoms with Gasteiger partial charge in [-0.2, -0.15) is 13.2 Å². The number of nitrogens with two attached hydrogens (primary N) is 1. The van der Waals surface area contributed by atoms with E-state index >= 15 is 0 Å². The molecule has 2 rings (SSSR count). The third-order valence-electron chi connectivity index (χ3n) is 2.53. The van der Waals surface area contributed by atoms with Crippen molar-refractivity contribution in [3.8, 4) is 0 Å². The second-order valence-corrected chi connectivity index (χ2v) is 3.82. The van der Waals surface area contributed by atoms with Crippen LogP contribution in [0.1, 0.15) is 16.1 Å². The van der Waals surface area contributed by atoms with E-state index in [1.165, 1.54) is 18.2 Å². The first-order chi connectivity index (χ1) is 8.82. The highest BCUT2D eigenvalue weighted by atomic mass is 19.4. The Morgan fingerprint density at radius 2 is 2.00 bits per heavy atom. The summed E-state index contributed by atoms with van der Waals surface area (Å²) >= 11 is 0. The summed E-state index contributed by atoms with van der Waals surface area (Å²) in [5, 5.41) is -0.116. The first-order valence-corrected chi connectivity index (χ1v) is 5.18. The third kappa shape index (κ3) is 2.44. The van der Waals surface area contributed by atoms with Crippen molar-refractivity contribution >= 4 is 22.6 Å². The van der Waals surface area contributed by atoms with Gasteiger partial charge in [0.25, 0.3) is 0 Å². The van der Waals surface area contributed by atoms with Crippen LogP contribution >= 0.6 is 0 Å². The molecule has 0 aliphatic rings. The van der Waals surface area contributed by atoms with Crippen LogP contribution in [0.3, 0.4) is 0 Å². The Kier molecular flexibility index (Phi) is 3.05. The molecule has 1 aromatic heterocycles. The molecule has 0 amide bonds. The number of ether oxygens (including phenoxy) is 1. The van der Waals surface area contributed by atoms with Crippen molar-refractivity contribution < 1.29 is 22.7 Å². The number of benzene rings is 1. The Morgan fingerprint density at radius 1 is 1.32 bits per heavy atom. The van der Waals surface area contributed by atoms with Crippen LogP contribution in [0.5, 0.6) is 0 Å². The molecule has 2 N–H and O–H groups in total. The van der Waals surface area contributed by atoms with Gasteiger partial charge in [0.15, 0.2) is 0 Å². The lowest BCUT2D eigenvalue weighted by molar-refractivity contribution is -0.136. The normalized spacial score (nSPS) is 11.6. The number of anilines is 1. The van der Waals surface area contributed by atoms with Gasteiger partial charge >= 0.3 is 12.1 Å². The van der Waals surface area contributed by atoms with Crippen LogP contribution in [0, 0.1) is 0 Å². The van der Waals surface area contributed by atoms with E-state index in [2.05, 4.69) is 9.72 Å². The van der Waals surface area contributed by atoms with E-state index in [4.69, 9.17) is 5.73 Å². The lowest BCUT2D eigenvalue weighted by Gasteiger charge is -2.11. The van der Waals surface area contributed by atoms with E-state index in [1.807, 2.05) is 0 Å². The molecule has 0 fully saturated rings. The molecule has 7 heteroatoms. The van der Waals surface area contributed by atoms with Gasteiger partial charge in [0.2, 0.25) is 0 Å². The molecule has 0 saturated carbocycles. The number of aromatic nitrogens is 1. The van der Waals surface area contributed by atoms with Crippen LogP contribution in [0.15, 0.2) is 24.3 Å². The maximum atomic E-state index is 12.8. The quantitative estimate of drug-likeness (QED) is 0.639. The van der Waals surface area contributed by atoms with Gasteiger partial charge in [-0.3, -0.25) is 0 Å². The number of hydrogen-bond donors (Lipinski definition) is 1. The summed E-state index contributed by atoms with van der Waals surface area (Å²) < 4.78 is 43.0. The average molecular weight is 270 g/mol. The molecule has 4 nitrogen and oxygen atoms in total. The van der Waals surface area contributed by atoms with Crippen molar-refractivity contribution in [2.24, 2.45) is 0 Å². The summed E-state index contributed by atoms with van der Waals surface area (Å²) in [4.78, 5) is 15.1. The van der Waals surface area contributed by atoms with Crippen molar-refractivity contribution in [2.45, 2.75) is 6.18 Å². The van der Waals surface area contributed by atoms with Gasteiger partial charge in [-0.25, -0.2) is 9.78 Å². The Labute approximate surface area is 106 Å². The van der Waals surface area contributed by atoms with E-state index in [9.17, 15) is 18.0 Å². The van der Waals surface area contributed by atoms with Crippen molar-refractivity contribution in [2.75, 3.05) is 12.8 Å². The van der Waals surface area contributed by atoms with E-state index in [-0.39, 0.29) is 22.3 Å². The number of carbonyl (C=O) groups excluding carboxylic acids is 1. The summed E-state index contributed by atoms with van der Waals surface area (Å²) in [6.45, 7) is 0. The maximum Gasteiger partial charge on any atom is 0.417 e. The lowest BCUT2D eigenvalue weighted by Crippen LogP contribution is -2.09. The summed E-state index contributed by atoms with van der Waals surface area (Å²) in [5.41, 5.74) is 4.39. The number of nitrogen functional groups attached to an aromatic ring is 1. The number of carbonyl (C=O) groups is 1. The van der Waals surface area contributed by atoms with Crippen LogP contribution in [0.25, 0.3) is 10.9 Å². The van der Waals surface area contributed by atoms with Gasteiger partial charge in [0.05, 0.1) is 18.2 Å². The molecule has 0 radical (unpaired) electrons. The SMILES string of the molecule is COC(=O)c1ccc2c(C(F)(F)F)cc(N)cc2n1. The van der Waals surface area contributed by atoms with Crippen molar-refractivity contribution in [3.05, 3.63) is 35.5 Å². The zero-order valence-corrected chi connectivity index (χ0v) is 9.78. The van der Waals surface area contributed by atoms with Crippen molar-refractivity contribution in [1.82, 2.24) is 4.98 Å². The number of hydrogen-bond acceptors (Lipinski definition) is 4. The molecule has 0 atom stereocenters. The van der Waals surface area contributed by atoms with E-state index < -0.39 is 17.7 Å². The van der Waals surface area contributed by atoms with Crippen molar-refractivity contribution in [3.63, 3.8) is 0 Å². The second kappa shape index (κ2) is 4.42. The molecular formula is C12H9F3N2O2. The van der Waals surface area contributed by atoms with Gasteiger partial charge in [-0.15, -0.1) is 0 Å². The summed E-state index contributed by atoms with van der Waals surface area (Å²) in [5.74, 6) is -0.724. The minimum atomic E-state index is -4.54. The molecule has 0 aliphatic heterocycles. The molecule has 100 valence electrons. The zero-order chi connectivity index (χ0) is 14.2. The Balaban J connectivity index is 2.72. The number of pyridine rings is 1. The fraction of sp³-hybridized carbons (Fsp3) is 0.167. The zero-order valence-electron chi connectivity index (χ0n) is 9.78. The van der Waals surface area contributed by atoms with Gasteiger partial charge < -0.3 is 10.5 Å². The lowest BCUT2D eigenvalue weighted by atomic mass is 10.1. The average Bonchev–Trinajstić information content (AvgIpc) is 2.34. The van der Waals surface area contributed by atoms with Crippen molar-refractivity contribution in [1.29, 1.82) is 0 Å². The molecule has 0 saturated heterocycles. The Bertz CT molecular complexity index is 653. The first kappa shape index (κ1) is 13.1. The smallest absolute Gasteiger partial charge is 0.417 e. The van der Waals surface area contributed by atoms with Gasteiger partial charge in [-0.1, -0.05) is 0 Å². The number of rotatable bonds is 1. The minimum Gasteiger partial charge on any atom is -0.464 e. The first-order valence-electron chi connectivity index (χ1n) is 5.18. The molecule has 0 bridgehead atoms. The molecular weight excluding hydrogens is 261 g/mol. The number of fused-ring (bicyclic) bond motifs is 1. The number of nitrogens with zero attached hydrogens (tertiary/aromatic N) is 1. The fourth-order valence-corrected chi connectivity index (χ4v) is 1.71. The highest BCUT2D eigenvalue weighted by Crippen LogP contribution is 2.35. The van der Waals surface area contributed by atoms with Gasteiger partial charge in [0.1, 0.15) is 5.69 Å². The summed E-state index contributed by atoms with van der Waals surface area (Å²) in [7, 11) is 1.16.